The maximum absolute atomic E-state index is 11.1. The molecule has 0 aliphatic carbocycles. The number of nitrogens with one attached hydrogen (secondary N) is 1. The largest absolute Gasteiger partial charge is 0.387 e. The number of rotatable bonds is 5. The molecule has 2 aromatic carbocycles. The van der Waals surface area contributed by atoms with Crippen molar-refractivity contribution in [2.24, 2.45) is 0 Å². The Hall–Kier alpha value is -2.70. The number of fused-ring (bicyclic) bond motifs is 1. The second kappa shape index (κ2) is 6.82. The van der Waals surface area contributed by atoms with Crippen molar-refractivity contribution in [1.29, 1.82) is 0 Å². The number of hydrogen-bond acceptors (Lipinski definition) is 5. The Kier molecular flexibility index (Phi) is 4.59. The van der Waals surface area contributed by atoms with E-state index in [1.54, 1.807) is 42.6 Å². The van der Waals surface area contributed by atoms with Crippen LogP contribution >= 0.6 is 11.6 Å². The van der Waals surface area contributed by atoms with Gasteiger partial charge in [-0.15, -0.1) is 0 Å². The lowest BCUT2D eigenvalue weighted by Gasteiger charge is -2.15. The van der Waals surface area contributed by atoms with Crippen molar-refractivity contribution < 1.29 is 10.0 Å². The SMILES string of the molecule is O=[N+]([O-])c1ccc(NCC(O)c2ccc(Cl)cc2)c2ccncc12. The summed E-state index contributed by atoms with van der Waals surface area (Å²) < 4.78 is 0. The predicted molar refractivity (Wildman–Crippen MR) is 93.3 cm³/mol. The Morgan fingerprint density at radius 1 is 1.17 bits per heavy atom. The molecule has 0 saturated heterocycles. The van der Waals surface area contributed by atoms with Gasteiger partial charge in [0.15, 0.2) is 0 Å². The number of benzene rings is 2. The van der Waals surface area contributed by atoms with E-state index >= 15 is 0 Å². The standard InChI is InChI=1S/C17H14ClN3O3/c18-12-3-1-11(2-4-12)17(22)10-20-15-5-6-16(21(23)24)14-9-19-8-7-13(14)15/h1-9,17,20,22H,10H2. The van der Waals surface area contributed by atoms with E-state index in [2.05, 4.69) is 10.3 Å². The number of aliphatic hydroxyl groups is 1. The van der Waals surface area contributed by atoms with Crippen molar-refractivity contribution in [2.75, 3.05) is 11.9 Å². The molecule has 2 N–H and O–H groups in total. The Bertz CT molecular complexity index is 884. The van der Waals surface area contributed by atoms with Gasteiger partial charge in [0.25, 0.3) is 5.69 Å². The molecule has 1 heterocycles. The molecule has 0 bridgehead atoms. The summed E-state index contributed by atoms with van der Waals surface area (Å²) in [5.74, 6) is 0. The van der Waals surface area contributed by atoms with Gasteiger partial charge in [-0.2, -0.15) is 0 Å². The monoisotopic (exact) mass is 343 g/mol. The van der Waals surface area contributed by atoms with Crippen LogP contribution in [0.4, 0.5) is 11.4 Å². The number of non-ortho nitro benzene ring substituents is 1. The molecule has 0 spiro atoms. The highest BCUT2D eigenvalue weighted by Gasteiger charge is 2.15. The van der Waals surface area contributed by atoms with E-state index in [9.17, 15) is 15.2 Å². The third-order valence-corrected chi connectivity index (χ3v) is 3.98. The van der Waals surface area contributed by atoms with Crippen molar-refractivity contribution in [3.8, 4) is 0 Å². The van der Waals surface area contributed by atoms with Gasteiger partial charge < -0.3 is 10.4 Å². The zero-order chi connectivity index (χ0) is 17.1. The van der Waals surface area contributed by atoms with Gasteiger partial charge in [-0.1, -0.05) is 23.7 Å². The Morgan fingerprint density at radius 2 is 1.92 bits per heavy atom. The molecule has 1 aromatic heterocycles. The van der Waals surface area contributed by atoms with Crippen molar-refractivity contribution in [2.45, 2.75) is 6.10 Å². The first kappa shape index (κ1) is 16.2. The summed E-state index contributed by atoms with van der Waals surface area (Å²) in [7, 11) is 0. The molecule has 6 nitrogen and oxygen atoms in total. The van der Waals surface area contributed by atoms with Gasteiger partial charge in [0.2, 0.25) is 0 Å². The van der Waals surface area contributed by atoms with Crippen molar-refractivity contribution in [3.05, 3.63) is 75.6 Å². The third kappa shape index (κ3) is 3.29. The van der Waals surface area contributed by atoms with E-state index in [0.29, 0.717) is 21.5 Å². The van der Waals surface area contributed by atoms with Crippen molar-refractivity contribution in [1.82, 2.24) is 4.98 Å². The smallest absolute Gasteiger partial charge is 0.278 e. The normalized spacial score (nSPS) is 12.1. The van der Waals surface area contributed by atoms with Crippen LogP contribution in [0.5, 0.6) is 0 Å². The molecule has 0 aliphatic rings. The van der Waals surface area contributed by atoms with Gasteiger partial charge in [0, 0.05) is 41.1 Å². The first-order valence-electron chi connectivity index (χ1n) is 7.25. The molecule has 0 amide bonds. The molecule has 7 heteroatoms. The Labute approximate surface area is 142 Å². The van der Waals surface area contributed by atoms with Crippen LogP contribution in [0.3, 0.4) is 0 Å². The van der Waals surface area contributed by atoms with Gasteiger partial charge in [0.05, 0.1) is 16.4 Å². The quantitative estimate of drug-likeness (QED) is 0.541. The topological polar surface area (TPSA) is 88.3 Å². The molecule has 0 radical (unpaired) electrons. The molecule has 1 unspecified atom stereocenters. The molecule has 24 heavy (non-hydrogen) atoms. The van der Waals surface area contributed by atoms with E-state index in [4.69, 9.17) is 11.6 Å². The number of aliphatic hydroxyl groups excluding tert-OH is 1. The van der Waals surface area contributed by atoms with E-state index in [1.165, 1.54) is 12.3 Å². The minimum Gasteiger partial charge on any atom is -0.387 e. The van der Waals surface area contributed by atoms with E-state index in [0.717, 1.165) is 5.56 Å². The van der Waals surface area contributed by atoms with Crippen LogP contribution in [0.25, 0.3) is 10.8 Å². The zero-order valence-corrected chi connectivity index (χ0v) is 13.3. The van der Waals surface area contributed by atoms with E-state index in [1.807, 2.05) is 0 Å². The highest BCUT2D eigenvalue weighted by atomic mass is 35.5. The predicted octanol–water partition coefficient (Wildman–Crippen LogP) is 3.94. The van der Waals surface area contributed by atoms with Crippen LogP contribution in [-0.2, 0) is 0 Å². The molecule has 0 saturated carbocycles. The van der Waals surface area contributed by atoms with Crippen molar-refractivity contribution in [3.63, 3.8) is 0 Å². The number of aromatic nitrogens is 1. The number of nitro benzene ring substituents is 1. The second-order valence-corrected chi connectivity index (χ2v) is 5.70. The number of halogens is 1. The average molecular weight is 344 g/mol. The fourth-order valence-corrected chi connectivity index (χ4v) is 2.62. The van der Waals surface area contributed by atoms with Crippen LogP contribution in [0.2, 0.25) is 5.02 Å². The molecular weight excluding hydrogens is 330 g/mol. The highest BCUT2D eigenvalue weighted by Crippen LogP contribution is 2.31. The lowest BCUT2D eigenvalue weighted by Crippen LogP contribution is -2.12. The summed E-state index contributed by atoms with van der Waals surface area (Å²) >= 11 is 5.84. The van der Waals surface area contributed by atoms with Crippen LogP contribution < -0.4 is 5.32 Å². The van der Waals surface area contributed by atoms with Crippen LogP contribution in [0.15, 0.2) is 54.9 Å². The maximum Gasteiger partial charge on any atom is 0.278 e. The van der Waals surface area contributed by atoms with Gasteiger partial charge in [-0.05, 0) is 29.8 Å². The highest BCUT2D eigenvalue weighted by molar-refractivity contribution is 6.30. The fraction of sp³-hybridized carbons (Fsp3) is 0.118. The summed E-state index contributed by atoms with van der Waals surface area (Å²) in [4.78, 5) is 14.6. The van der Waals surface area contributed by atoms with Crippen LogP contribution in [0, 0.1) is 10.1 Å². The lowest BCUT2D eigenvalue weighted by atomic mass is 10.1. The van der Waals surface area contributed by atoms with Crippen LogP contribution in [-0.4, -0.2) is 21.6 Å². The molecule has 122 valence electrons. The molecule has 0 fully saturated rings. The van der Waals surface area contributed by atoms with Crippen molar-refractivity contribution >= 4 is 33.7 Å². The molecular formula is C17H14ClN3O3. The summed E-state index contributed by atoms with van der Waals surface area (Å²) in [6.45, 7) is 0.261. The summed E-state index contributed by atoms with van der Waals surface area (Å²) in [5, 5.41) is 26.2. The fourth-order valence-electron chi connectivity index (χ4n) is 2.50. The minimum atomic E-state index is -0.727. The Morgan fingerprint density at radius 3 is 2.62 bits per heavy atom. The third-order valence-electron chi connectivity index (χ3n) is 3.73. The van der Waals surface area contributed by atoms with E-state index < -0.39 is 11.0 Å². The number of pyridine rings is 1. The number of hydrogen-bond donors (Lipinski definition) is 2. The molecule has 3 aromatic rings. The zero-order valence-electron chi connectivity index (χ0n) is 12.5. The lowest BCUT2D eigenvalue weighted by molar-refractivity contribution is -0.383. The van der Waals surface area contributed by atoms with E-state index in [-0.39, 0.29) is 12.2 Å². The summed E-state index contributed by atoms with van der Waals surface area (Å²) in [6, 6.07) is 11.7. The number of nitro groups is 1. The van der Waals surface area contributed by atoms with Gasteiger partial charge in [0.1, 0.15) is 0 Å². The van der Waals surface area contributed by atoms with Crippen LogP contribution in [0.1, 0.15) is 11.7 Å². The molecule has 0 aliphatic heterocycles. The average Bonchev–Trinajstić information content (AvgIpc) is 2.59. The van der Waals surface area contributed by atoms with Gasteiger partial charge >= 0.3 is 0 Å². The second-order valence-electron chi connectivity index (χ2n) is 5.26. The minimum absolute atomic E-state index is 0.00176. The first-order chi connectivity index (χ1) is 11.6. The number of nitrogens with zero attached hydrogens (tertiary/aromatic N) is 2. The molecule has 3 rings (SSSR count). The summed E-state index contributed by atoms with van der Waals surface area (Å²) in [6.07, 6.45) is 2.32. The van der Waals surface area contributed by atoms with Gasteiger partial charge in [-0.25, -0.2) is 0 Å². The van der Waals surface area contributed by atoms with Gasteiger partial charge in [-0.3, -0.25) is 15.1 Å². The maximum atomic E-state index is 11.1. The summed E-state index contributed by atoms with van der Waals surface area (Å²) in [5.41, 5.74) is 1.44. The Balaban J connectivity index is 1.84. The molecule has 1 atom stereocenters. The number of anilines is 1. The first-order valence-corrected chi connectivity index (χ1v) is 7.62.